The van der Waals surface area contributed by atoms with Gasteiger partial charge >= 0.3 is 0 Å². The number of aliphatic hydroxyl groups is 1. The third-order valence-corrected chi connectivity index (χ3v) is 2.06. The van der Waals surface area contributed by atoms with Gasteiger partial charge in [0.05, 0.1) is 19.3 Å². The molecule has 0 radical (unpaired) electrons. The van der Waals surface area contributed by atoms with E-state index in [9.17, 15) is 4.79 Å². The molecule has 1 fully saturated rings. The Morgan fingerprint density at radius 3 is 2.91 bits per heavy atom. The Kier molecular flexibility index (Phi) is 3.52. The molecule has 2 unspecified atom stereocenters. The van der Waals surface area contributed by atoms with Crippen LogP contribution in [0, 0.1) is 5.92 Å². The molecule has 0 amide bonds. The van der Waals surface area contributed by atoms with Gasteiger partial charge in [0.15, 0.2) is 0 Å². The van der Waals surface area contributed by atoms with E-state index in [1.54, 1.807) is 0 Å². The van der Waals surface area contributed by atoms with E-state index in [-0.39, 0.29) is 18.6 Å². The minimum atomic E-state index is 0.0717. The van der Waals surface area contributed by atoms with Crippen LogP contribution in [0.1, 0.15) is 19.3 Å². The van der Waals surface area contributed by atoms with Gasteiger partial charge in [-0.1, -0.05) is 0 Å². The topological polar surface area (TPSA) is 46.5 Å². The van der Waals surface area contributed by atoms with Crippen LogP contribution < -0.4 is 0 Å². The van der Waals surface area contributed by atoms with Crippen LogP contribution in [-0.4, -0.2) is 30.7 Å². The monoisotopic (exact) mass is 158 g/mol. The average Bonchev–Trinajstić information content (AvgIpc) is 2.48. The first-order valence-electron chi connectivity index (χ1n) is 4.04. The van der Waals surface area contributed by atoms with Crippen molar-refractivity contribution >= 4 is 6.29 Å². The summed E-state index contributed by atoms with van der Waals surface area (Å²) in [7, 11) is 0. The van der Waals surface area contributed by atoms with E-state index in [1.807, 2.05) is 0 Å². The van der Waals surface area contributed by atoms with E-state index >= 15 is 0 Å². The second-order valence-corrected chi connectivity index (χ2v) is 2.93. The third-order valence-electron chi connectivity index (χ3n) is 2.06. The van der Waals surface area contributed by atoms with Gasteiger partial charge < -0.3 is 14.6 Å². The number of aldehydes is 1. The van der Waals surface area contributed by atoms with Crippen molar-refractivity contribution in [2.75, 3.05) is 13.2 Å². The Bertz CT molecular complexity index is 125. The van der Waals surface area contributed by atoms with Crippen molar-refractivity contribution in [3.63, 3.8) is 0 Å². The molecule has 0 heterocycles. The Morgan fingerprint density at radius 1 is 1.55 bits per heavy atom. The zero-order valence-corrected chi connectivity index (χ0v) is 6.53. The summed E-state index contributed by atoms with van der Waals surface area (Å²) in [6.07, 6.45) is 3.95. The fourth-order valence-electron chi connectivity index (χ4n) is 1.47. The van der Waals surface area contributed by atoms with E-state index in [0.29, 0.717) is 6.61 Å². The first-order valence-corrected chi connectivity index (χ1v) is 4.04. The number of carbonyl (C=O) groups excluding carboxylic acids is 1. The minimum Gasteiger partial charge on any atom is -0.394 e. The number of hydrogen-bond acceptors (Lipinski definition) is 3. The quantitative estimate of drug-likeness (QED) is 0.601. The molecule has 1 saturated carbocycles. The Morgan fingerprint density at radius 2 is 2.36 bits per heavy atom. The molecule has 0 spiro atoms. The van der Waals surface area contributed by atoms with Crippen molar-refractivity contribution in [3.8, 4) is 0 Å². The molecule has 0 aromatic heterocycles. The molecule has 1 N–H and O–H groups in total. The predicted molar refractivity (Wildman–Crippen MR) is 40.2 cm³/mol. The SMILES string of the molecule is O=CC1CCC(OCCO)C1. The number of hydrogen-bond donors (Lipinski definition) is 1. The summed E-state index contributed by atoms with van der Waals surface area (Å²) in [4.78, 5) is 10.3. The molecule has 11 heavy (non-hydrogen) atoms. The molecule has 0 aromatic rings. The molecule has 1 rings (SSSR count). The minimum absolute atomic E-state index is 0.0717. The standard InChI is InChI=1S/C8H14O3/c9-3-4-11-8-2-1-7(5-8)6-10/h6-9H,1-5H2. The molecule has 0 aliphatic heterocycles. The van der Waals surface area contributed by atoms with E-state index in [2.05, 4.69) is 0 Å². The van der Waals surface area contributed by atoms with Crippen molar-refractivity contribution in [1.29, 1.82) is 0 Å². The fraction of sp³-hybridized carbons (Fsp3) is 0.875. The van der Waals surface area contributed by atoms with Crippen LogP contribution in [0.2, 0.25) is 0 Å². The first kappa shape index (κ1) is 8.68. The summed E-state index contributed by atoms with van der Waals surface area (Å²) in [5.41, 5.74) is 0. The van der Waals surface area contributed by atoms with Gasteiger partial charge in [0.25, 0.3) is 0 Å². The van der Waals surface area contributed by atoms with E-state index in [1.165, 1.54) is 0 Å². The summed E-state index contributed by atoms with van der Waals surface area (Å²) in [5.74, 6) is 0.193. The Balaban J connectivity index is 2.14. The maximum Gasteiger partial charge on any atom is 0.123 e. The maximum atomic E-state index is 10.3. The highest BCUT2D eigenvalue weighted by Crippen LogP contribution is 2.25. The third kappa shape index (κ3) is 2.60. The van der Waals surface area contributed by atoms with E-state index in [4.69, 9.17) is 9.84 Å². The molecule has 0 bridgehead atoms. The van der Waals surface area contributed by atoms with Crippen LogP contribution in [0.4, 0.5) is 0 Å². The van der Waals surface area contributed by atoms with Gasteiger partial charge in [-0.3, -0.25) is 0 Å². The van der Waals surface area contributed by atoms with Crippen molar-refractivity contribution in [2.24, 2.45) is 5.92 Å². The predicted octanol–water partition coefficient (Wildman–Crippen LogP) is 0.363. The lowest BCUT2D eigenvalue weighted by Gasteiger charge is -2.08. The highest BCUT2D eigenvalue weighted by molar-refractivity contribution is 5.54. The highest BCUT2D eigenvalue weighted by Gasteiger charge is 2.24. The molecule has 0 saturated heterocycles. The zero-order chi connectivity index (χ0) is 8.10. The van der Waals surface area contributed by atoms with Crippen molar-refractivity contribution in [2.45, 2.75) is 25.4 Å². The molecule has 64 valence electrons. The summed E-state index contributed by atoms with van der Waals surface area (Å²) in [5, 5.41) is 8.46. The van der Waals surface area contributed by atoms with Crippen LogP contribution in [0.25, 0.3) is 0 Å². The molecule has 0 aromatic carbocycles. The maximum absolute atomic E-state index is 10.3. The second kappa shape index (κ2) is 4.46. The van der Waals surface area contributed by atoms with Crippen molar-refractivity contribution in [3.05, 3.63) is 0 Å². The normalized spacial score (nSPS) is 30.6. The smallest absolute Gasteiger partial charge is 0.123 e. The van der Waals surface area contributed by atoms with Crippen LogP contribution in [-0.2, 0) is 9.53 Å². The molecule has 3 nitrogen and oxygen atoms in total. The van der Waals surface area contributed by atoms with Gasteiger partial charge in [0.1, 0.15) is 6.29 Å². The Labute approximate surface area is 66.4 Å². The summed E-state index contributed by atoms with van der Waals surface area (Å²) < 4.78 is 5.28. The van der Waals surface area contributed by atoms with E-state index < -0.39 is 0 Å². The lowest BCUT2D eigenvalue weighted by Crippen LogP contribution is -2.11. The van der Waals surface area contributed by atoms with Crippen LogP contribution in [0.5, 0.6) is 0 Å². The molecule has 2 atom stereocenters. The zero-order valence-electron chi connectivity index (χ0n) is 6.53. The van der Waals surface area contributed by atoms with Crippen molar-refractivity contribution < 1.29 is 14.6 Å². The van der Waals surface area contributed by atoms with Crippen LogP contribution in [0.3, 0.4) is 0 Å². The summed E-state index contributed by atoms with van der Waals surface area (Å²) in [6, 6.07) is 0. The van der Waals surface area contributed by atoms with Crippen LogP contribution in [0.15, 0.2) is 0 Å². The number of ether oxygens (including phenoxy) is 1. The number of carbonyl (C=O) groups is 1. The van der Waals surface area contributed by atoms with Gasteiger partial charge in [-0.25, -0.2) is 0 Å². The average molecular weight is 158 g/mol. The highest BCUT2D eigenvalue weighted by atomic mass is 16.5. The van der Waals surface area contributed by atoms with Crippen molar-refractivity contribution in [1.82, 2.24) is 0 Å². The first-order chi connectivity index (χ1) is 5.36. The summed E-state index contributed by atoms with van der Waals surface area (Å²) in [6.45, 7) is 0.471. The van der Waals surface area contributed by atoms with Gasteiger partial charge in [0.2, 0.25) is 0 Å². The van der Waals surface area contributed by atoms with Gasteiger partial charge in [-0.15, -0.1) is 0 Å². The lowest BCUT2D eigenvalue weighted by molar-refractivity contribution is -0.111. The summed E-state index contributed by atoms with van der Waals surface area (Å²) >= 11 is 0. The molecule has 1 aliphatic carbocycles. The van der Waals surface area contributed by atoms with Gasteiger partial charge in [0, 0.05) is 5.92 Å². The molecular formula is C8H14O3. The van der Waals surface area contributed by atoms with Gasteiger partial charge in [-0.2, -0.15) is 0 Å². The molecular weight excluding hydrogens is 144 g/mol. The van der Waals surface area contributed by atoms with E-state index in [0.717, 1.165) is 25.5 Å². The van der Waals surface area contributed by atoms with Gasteiger partial charge in [-0.05, 0) is 19.3 Å². The number of aliphatic hydroxyl groups excluding tert-OH is 1. The molecule has 1 aliphatic rings. The van der Waals surface area contributed by atoms with Crippen LogP contribution >= 0.6 is 0 Å². The molecule has 3 heteroatoms. The lowest BCUT2D eigenvalue weighted by atomic mass is 10.1. The number of rotatable bonds is 4. The second-order valence-electron chi connectivity index (χ2n) is 2.93. The fourth-order valence-corrected chi connectivity index (χ4v) is 1.47. The Hall–Kier alpha value is -0.410. The largest absolute Gasteiger partial charge is 0.394 e.